The summed E-state index contributed by atoms with van der Waals surface area (Å²) in [7, 11) is -2.72. The monoisotopic (exact) mass is 372 g/mol. The van der Waals surface area contributed by atoms with Crippen molar-refractivity contribution < 1.29 is 22.9 Å². The minimum absolute atomic E-state index is 0.130. The van der Waals surface area contributed by atoms with Crippen LogP contribution in [0.5, 0.6) is 0 Å². The Morgan fingerprint density at radius 2 is 1.68 bits per heavy atom. The van der Waals surface area contributed by atoms with E-state index in [1.54, 1.807) is 34.6 Å². The molecule has 1 aromatic rings. The third-order valence-electron chi connectivity index (χ3n) is 3.40. The average molecular weight is 372 g/mol. The van der Waals surface area contributed by atoms with E-state index in [0.717, 1.165) is 28.6 Å². The number of non-ortho nitro benzene ring substituents is 1. The van der Waals surface area contributed by atoms with Crippen LogP contribution in [0.25, 0.3) is 0 Å². The highest BCUT2D eigenvalue weighted by Crippen LogP contribution is 2.24. The van der Waals surface area contributed by atoms with E-state index in [2.05, 4.69) is 0 Å². The number of hydrogen-bond acceptors (Lipinski definition) is 6. The molecule has 0 amide bonds. The average Bonchev–Trinajstić information content (AvgIpc) is 2.44. The number of rotatable bonds is 6. The van der Waals surface area contributed by atoms with Gasteiger partial charge in [-0.15, -0.1) is 0 Å². The molecule has 140 valence electrons. The van der Waals surface area contributed by atoms with Crippen LogP contribution in [0.3, 0.4) is 0 Å². The van der Waals surface area contributed by atoms with Gasteiger partial charge in [-0.2, -0.15) is 4.31 Å². The predicted molar refractivity (Wildman–Crippen MR) is 92.5 cm³/mol. The zero-order valence-electron chi connectivity index (χ0n) is 15.2. The lowest BCUT2D eigenvalue weighted by Crippen LogP contribution is -2.48. The number of hydrogen-bond donors (Lipinski definition) is 0. The van der Waals surface area contributed by atoms with Crippen molar-refractivity contribution in [3.63, 3.8) is 0 Å². The molecule has 0 aliphatic rings. The summed E-state index contributed by atoms with van der Waals surface area (Å²) >= 11 is 0. The van der Waals surface area contributed by atoms with Crippen molar-refractivity contribution in [2.24, 2.45) is 5.92 Å². The second kappa shape index (κ2) is 7.49. The molecule has 8 nitrogen and oxygen atoms in total. The fourth-order valence-electron chi connectivity index (χ4n) is 2.26. The standard InChI is InChI=1S/C16H24N2O6S/c1-11(2)14(15(19)24-16(3,4)5)17(6)25(22,23)13-9-7-12(8-10-13)18(20)21/h7-11,14H,1-6H3/t14-/m0/s1. The molecule has 0 saturated carbocycles. The molecule has 9 heteroatoms. The lowest BCUT2D eigenvalue weighted by molar-refractivity contribution is -0.384. The minimum Gasteiger partial charge on any atom is -0.459 e. The zero-order valence-corrected chi connectivity index (χ0v) is 16.0. The van der Waals surface area contributed by atoms with Crippen molar-refractivity contribution in [1.29, 1.82) is 0 Å². The van der Waals surface area contributed by atoms with E-state index in [9.17, 15) is 23.3 Å². The molecule has 0 bridgehead atoms. The van der Waals surface area contributed by atoms with Crippen LogP contribution in [0.2, 0.25) is 0 Å². The highest BCUT2D eigenvalue weighted by atomic mass is 32.2. The number of nitro benzene ring substituents is 1. The van der Waals surface area contributed by atoms with Gasteiger partial charge in [0.2, 0.25) is 10.0 Å². The van der Waals surface area contributed by atoms with Gasteiger partial charge in [-0.3, -0.25) is 14.9 Å². The number of esters is 1. The molecule has 0 heterocycles. The van der Waals surface area contributed by atoms with Crippen molar-refractivity contribution in [3.8, 4) is 0 Å². The van der Waals surface area contributed by atoms with Crippen LogP contribution in [-0.2, 0) is 19.6 Å². The molecule has 1 rings (SSSR count). The molecule has 0 unspecified atom stereocenters. The quantitative estimate of drug-likeness (QED) is 0.431. The maximum absolute atomic E-state index is 12.8. The summed E-state index contributed by atoms with van der Waals surface area (Å²) in [6.07, 6.45) is 0. The third kappa shape index (κ3) is 5.23. The lowest BCUT2D eigenvalue weighted by atomic mass is 10.0. The van der Waals surface area contributed by atoms with Gasteiger partial charge in [-0.25, -0.2) is 8.42 Å². The minimum atomic E-state index is -4.02. The zero-order chi connectivity index (χ0) is 19.6. The molecule has 0 saturated heterocycles. The van der Waals surface area contributed by atoms with E-state index < -0.39 is 32.6 Å². The number of carbonyl (C=O) groups is 1. The molecule has 1 aromatic carbocycles. The number of benzene rings is 1. The largest absolute Gasteiger partial charge is 0.459 e. The van der Waals surface area contributed by atoms with Crippen LogP contribution in [0.15, 0.2) is 29.2 Å². The Labute approximate surface area is 148 Å². The van der Waals surface area contributed by atoms with Crippen LogP contribution >= 0.6 is 0 Å². The number of nitro groups is 1. The van der Waals surface area contributed by atoms with Gasteiger partial charge in [0.15, 0.2) is 0 Å². The van der Waals surface area contributed by atoms with Crippen LogP contribution < -0.4 is 0 Å². The smallest absolute Gasteiger partial charge is 0.325 e. The number of likely N-dealkylation sites (N-methyl/N-ethyl adjacent to an activating group) is 1. The molecular formula is C16H24N2O6S. The maximum atomic E-state index is 12.8. The van der Waals surface area contributed by atoms with Gasteiger partial charge in [0, 0.05) is 19.2 Å². The summed E-state index contributed by atoms with van der Waals surface area (Å²) < 4.78 is 31.8. The summed E-state index contributed by atoms with van der Waals surface area (Å²) in [5.41, 5.74) is -0.962. The van der Waals surface area contributed by atoms with Crippen molar-refractivity contribution in [2.75, 3.05) is 7.05 Å². The van der Waals surface area contributed by atoms with Crippen molar-refractivity contribution >= 4 is 21.7 Å². The molecule has 0 aromatic heterocycles. The van der Waals surface area contributed by atoms with E-state index in [1.165, 1.54) is 7.05 Å². The Morgan fingerprint density at radius 3 is 2.04 bits per heavy atom. The fourth-order valence-corrected chi connectivity index (χ4v) is 3.70. The van der Waals surface area contributed by atoms with Crippen molar-refractivity contribution in [3.05, 3.63) is 34.4 Å². The number of nitrogens with zero attached hydrogens (tertiary/aromatic N) is 2. The van der Waals surface area contributed by atoms with E-state index in [1.807, 2.05) is 0 Å². The molecule has 25 heavy (non-hydrogen) atoms. The number of sulfonamides is 1. The first kappa shape index (κ1) is 21.0. The summed E-state index contributed by atoms with van der Waals surface area (Å²) in [6.45, 7) is 8.54. The first-order chi connectivity index (χ1) is 11.3. The van der Waals surface area contributed by atoms with Gasteiger partial charge < -0.3 is 4.74 Å². The number of ether oxygens (including phenoxy) is 1. The van der Waals surface area contributed by atoms with Crippen LogP contribution in [0, 0.1) is 16.0 Å². The summed E-state index contributed by atoms with van der Waals surface area (Å²) in [5, 5.41) is 10.7. The molecule has 0 aliphatic heterocycles. The molecular weight excluding hydrogens is 348 g/mol. The second-order valence-electron chi connectivity index (χ2n) is 6.99. The maximum Gasteiger partial charge on any atom is 0.325 e. The van der Waals surface area contributed by atoms with E-state index in [4.69, 9.17) is 4.74 Å². The fraction of sp³-hybridized carbons (Fsp3) is 0.562. The second-order valence-corrected chi connectivity index (χ2v) is 8.99. The van der Waals surface area contributed by atoms with Crippen LogP contribution in [0.4, 0.5) is 5.69 Å². The molecule has 1 atom stereocenters. The molecule has 0 radical (unpaired) electrons. The lowest BCUT2D eigenvalue weighted by Gasteiger charge is -2.31. The Bertz CT molecular complexity index is 735. The summed E-state index contributed by atoms with van der Waals surface area (Å²) in [4.78, 5) is 22.4. The Morgan fingerprint density at radius 1 is 1.20 bits per heavy atom. The molecule has 0 spiro atoms. The van der Waals surface area contributed by atoms with Crippen molar-refractivity contribution in [1.82, 2.24) is 4.31 Å². The van der Waals surface area contributed by atoms with Gasteiger partial charge in [0.1, 0.15) is 11.6 Å². The Hall–Kier alpha value is -2.00. The molecule has 0 N–H and O–H groups in total. The van der Waals surface area contributed by atoms with Crippen LogP contribution in [-0.4, -0.2) is 42.3 Å². The normalized spacial score (nSPS) is 13.8. The number of carbonyl (C=O) groups excluding carboxylic acids is 1. The molecule has 0 aliphatic carbocycles. The highest BCUT2D eigenvalue weighted by molar-refractivity contribution is 7.89. The Kier molecular flexibility index (Phi) is 6.30. The van der Waals surface area contributed by atoms with E-state index >= 15 is 0 Å². The van der Waals surface area contributed by atoms with Gasteiger partial charge in [-0.05, 0) is 38.8 Å². The first-order valence-electron chi connectivity index (χ1n) is 7.72. The first-order valence-corrected chi connectivity index (χ1v) is 9.16. The van der Waals surface area contributed by atoms with Gasteiger partial charge in [-0.1, -0.05) is 13.8 Å². The van der Waals surface area contributed by atoms with Gasteiger partial charge in [0.25, 0.3) is 5.69 Å². The molecule has 0 fully saturated rings. The van der Waals surface area contributed by atoms with Gasteiger partial charge in [0.05, 0.1) is 9.82 Å². The third-order valence-corrected chi connectivity index (χ3v) is 5.25. The summed E-state index contributed by atoms with van der Waals surface area (Å²) in [6, 6.07) is 3.50. The van der Waals surface area contributed by atoms with Crippen LogP contribution in [0.1, 0.15) is 34.6 Å². The highest BCUT2D eigenvalue weighted by Gasteiger charge is 2.37. The topological polar surface area (TPSA) is 107 Å². The van der Waals surface area contributed by atoms with E-state index in [0.29, 0.717) is 0 Å². The van der Waals surface area contributed by atoms with Gasteiger partial charge >= 0.3 is 5.97 Å². The predicted octanol–water partition coefficient (Wildman–Crippen LogP) is 2.58. The SMILES string of the molecule is CC(C)[C@@H](C(=O)OC(C)(C)C)N(C)S(=O)(=O)c1ccc([N+](=O)[O-])cc1. The van der Waals surface area contributed by atoms with Crippen molar-refractivity contribution in [2.45, 2.75) is 51.2 Å². The Balaban J connectivity index is 3.20. The summed E-state index contributed by atoms with van der Waals surface area (Å²) in [5.74, 6) is -0.969. The van der Waals surface area contributed by atoms with E-state index in [-0.39, 0.29) is 16.5 Å².